The van der Waals surface area contributed by atoms with Gasteiger partial charge in [0.1, 0.15) is 6.07 Å². The Morgan fingerprint density at radius 2 is 1.71 bits per heavy atom. The van der Waals surface area contributed by atoms with Crippen LogP contribution in [-0.2, 0) is 4.74 Å². The number of hydrogen-bond donors (Lipinski definition) is 2. The Morgan fingerprint density at radius 3 is 2.54 bits per heavy atom. The average Bonchev–Trinajstić information content (AvgIpc) is 2.75. The monoisotopic (exact) mass is 373 g/mol. The van der Waals surface area contributed by atoms with Crippen LogP contribution in [0.15, 0.2) is 54.7 Å². The van der Waals surface area contributed by atoms with Gasteiger partial charge in [-0.15, -0.1) is 5.10 Å². The number of nitriles is 1. The van der Waals surface area contributed by atoms with Gasteiger partial charge in [0.25, 0.3) is 0 Å². The summed E-state index contributed by atoms with van der Waals surface area (Å²) in [4.78, 5) is 6.74. The molecule has 1 saturated heterocycles. The zero-order valence-corrected chi connectivity index (χ0v) is 15.2. The van der Waals surface area contributed by atoms with E-state index in [1.54, 1.807) is 6.07 Å². The number of nitrogens with zero attached hydrogens (tertiary/aromatic N) is 5. The Hall–Kier alpha value is -3.70. The van der Waals surface area contributed by atoms with Gasteiger partial charge in [-0.2, -0.15) is 15.3 Å². The van der Waals surface area contributed by atoms with E-state index in [-0.39, 0.29) is 0 Å². The number of para-hydroxylation sites is 3. The van der Waals surface area contributed by atoms with E-state index in [1.807, 2.05) is 36.4 Å². The molecular formula is C20H19N7O. The predicted octanol–water partition coefficient (Wildman–Crippen LogP) is 3.07. The normalized spacial score (nSPS) is 13.6. The van der Waals surface area contributed by atoms with Crippen LogP contribution in [0.4, 0.5) is 28.8 Å². The maximum Gasteiger partial charge on any atom is 0.249 e. The lowest BCUT2D eigenvalue weighted by Crippen LogP contribution is -2.36. The van der Waals surface area contributed by atoms with Gasteiger partial charge in [-0.1, -0.05) is 24.3 Å². The number of hydrogen-bond acceptors (Lipinski definition) is 8. The van der Waals surface area contributed by atoms with Crippen molar-refractivity contribution in [2.45, 2.75) is 0 Å². The van der Waals surface area contributed by atoms with E-state index in [1.165, 1.54) is 6.20 Å². The van der Waals surface area contributed by atoms with Crippen LogP contribution in [0.25, 0.3) is 0 Å². The molecule has 3 aromatic rings. The summed E-state index contributed by atoms with van der Waals surface area (Å²) in [5, 5.41) is 23.7. The van der Waals surface area contributed by atoms with Crippen LogP contribution in [0.1, 0.15) is 5.56 Å². The van der Waals surface area contributed by atoms with Crippen molar-refractivity contribution in [3.63, 3.8) is 0 Å². The molecule has 0 atom stereocenters. The number of rotatable bonds is 5. The molecule has 4 rings (SSSR count). The van der Waals surface area contributed by atoms with E-state index in [2.05, 4.69) is 42.9 Å². The molecule has 140 valence electrons. The van der Waals surface area contributed by atoms with Crippen molar-refractivity contribution in [2.75, 3.05) is 41.8 Å². The second kappa shape index (κ2) is 8.33. The lowest BCUT2D eigenvalue weighted by molar-refractivity contribution is 0.123. The minimum Gasteiger partial charge on any atom is -0.378 e. The smallest absolute Gasteiger partial charge is 0.249 e. The quantitative estimate of drug-likeness (QED) is 0.704. The lowest BCUT2D eigenvalue weighted by atomic mass is 10.2. The summed E-state index contributed by atoms with van der Waals surface area (Å²) >= 11 is 0. The maximum atomic E-state index is 9.24. The molecule has 1 aliphatic heterocycles. The topological polar surface area (TPSA) is 99.0 Å². The van der Waals surface area contributed by atoms with E-state index in [0.29, 0.717) is 36.2 Å². The highest BCUT2D eigenvalue weighted by atomic mass is 16.5. The van der Waals surface area contributed by atoms with E-state index in [0.717, 1.165) is 24.5 Å². The summed E-state index contributed by atoms with van der Waals surface area (Å²) in [6, 6.07) is 17.4. The highest BCUT2D eigenvalue weighted by molar-refractivity contribution is 5.74. The lowest BCUT2D eigenvalue weighted by Gasteiger charge is -2.30. The summed E-state index contributed by atoms with van der Waals surface area (Å²) in [5.74, 6) is 0.879. The molecular weight excluding hydrogens is 354 g/mol. The molecule has 0 radical (unpaired) electrons. The van der Waals surface area contributed by atoms with Gasteiger partial charge in [0.15, 0.2) is 5.82 Å². The van der Waals surface area contributed by atoms with Gasteiger partial charge in [0, 0.05) is 13.1 Å². The van der Waals surface area contributed by atoms with Gasteiger partial charge < -0.3 is 20.3 Å². The molecule has 0 unspecified atom stereocenters. The van der Waals surface area contributed by atoms with Gasteiger partial charge in [-0.25, -0.2) is 0 Å². The Bertz CT molecular complexity index is 996. The number of ether oxygens (including phenoxy) is 1. The van der Waals surface area contributed by atoms with Gasteiger partial charge in [-0.3, -0.25) is 0 Å². The van der Waals surface area contributed by atoms with Gasteiger partial charge >= 0.3 is 0 Å². The van der Waals surface area contributed by atoms with E-state index in [9.17, 15) is 5.26 Å². The molecule has 2 N–H and O–H groups in total. The number of morpholine rings is 1. The molecule has 1 aliphatic rings. The summed E-state index contributed by atoms with van der Waals surface area (Å²) < 4.78 is 5.44. The fourth-order valence-electron chi connectivity index (χ4n) is 3.02. The van der Waals surface area contributed by atoms with Crippen LogP contribution in [0, 0.1) is 11.3 Å². The van der Waals surface area contributed by atoms with Gasteiger partial charge in [0.05, 0.1) is 42.0 Å². The van der Waals surface area contributed by atoms with Crippen LogP contribution in [0.3, 0.4) is 0 Å². The van der Waals surface area contributed by atoms with Crippen LogP contribution in [-0.4, -0.2) is 41.5 Å². The first-order valence-corrected chi connectivity index (χ1v) is 8.98. The molecule has 0 aliphatic carbocycles. The van der Waals surface area contributed by atoms with Crippen molar-refractivity contribution in [1.29, 1.82) is 5.26 Å². The summed E-state index contributed by atoms with van der Waals surface area (Å²) in [6.07, 6.45) is 1.52. The SMILES string of the molecule is N#Cc1ccccc1Nc1cnnc(Nc2ccccc2N2CCOCC2)n1. The number of aromatic nitrogens is 3. The molecule has 28 heavy (non-hydrogen) atoms. The van der Waals surface area contributed by atoms with E-state index < -0.39 is 0 Å². The zero-order chi connectivity index (χ0) is 19.2. The zero-order valence-electron chi connectivity index (χ0n) is 15.2. The molecule has 0 spiro atoms. The van der Waals surface area contributed by atoms with Crippen molar-refractivity contribution in [2.24, 2.45) is 0 Å². The van der Waals surface area contributed by atoms with E-state index in [4.69, 9.17) is 4.74 Å². The second-order valence-electron chi connectivity index (χ2n) is 6.19. The molecule has 2 aromatic carbocycles. The van der Waals surface area contributed by atoms with Crippen molar-refractivity contribution >= 4 is 28.8 Å². The molecule has 1 aromatic heterocycles. The second-order valence-corrected chi connectivity index (χ2v) is 6.19. The van der Waals surface area contributed by atoms with Crippen LogP contribution in [0.2, 0.25) is 0 Å². The van der Waals surface area contributed by atoms with Gasteiger partial charge in [-0.05, 0) is 24.3 Å². The fraction of sp³-hybridized carbons (Fsp3) is 0.200. The minimum absolute atomic E-state index is 0.375. The molecule has 8 nitrogen and oxygen atoms in total. The largest absolute Gasteiger partial charge is 0.378 e. The molecule has 0 saturated carbocycles. The highest BCUT2D eigenvalue weighted by Gasteiger charge is 2.15. The Morgan fingerprint density at radius 1 is 0.964 bits per heavy atom. The van der Waals surface area contributed by atoms with Crippen LogP contribution in [0.5, 0.6) is 0 Å². The standard InChI is InChI=1S/C20H19N7O/c21-13-15-5-1-2-6-16(15)23-19-14-22-26-20(25-19)24-17-7-3-4-8-18(17)27-9-11-28-12-10-27/h1-8,14H,9-12H2,(H2,23,24,25,26). The Balaban J connectivity index is 1.55. The Kier molecular flexibility index (Phi) is 5.26. The summed E-state index contributed by atoms with van der Waals surface area (Å²) in [7, 11) is 0. The van der Waals surface area contributed by atoms with Crippen LogP contribution >= 0.6 is 0 Å². The Labute approximate surface area is 162 Å². The van der Waals surface area contributed by atoms with Crippen molar-refractivity contribution in [3.8, 4) is 6.07 Å². The summed E-state index contributed by atoms with van der Waals surface area (Å²) in [5.41, 5.74) is 3.18. The third-order valence-corrected chi connectivity index (χ3v) is 4.37. The molecule has 1 fully saturated rings. The van der Waals surface area contributed by atoms with Crippen molar-refractivity contribution < 1.29 is 4.74 Å². The number of anilines is 5. The third-order valence-electron chi connectivity index (χ3n) is 4.37. The first kappa shape index (κ1) is 17.7. The number of benzene rings is 2. The van der Waals surface area contributed by atoms with Crippen LogP contribution < -0.4 is 15.5 Å². The van der Waals surface area contributed by atoms with E-state index >= 15 is 0 Å². The maximum absolute atomic E-state index is 9.24. The minimum atomic E-state index is 0.375. The average molecular weight is 373 g/mol. The van der Waals surface area contributed by atoms with Crippen molar-refractivity contribution in [3.05, 3.63) is 60.3 Å². The molecule has 0 amide bonds. The van der Waals surface area contributed by atoms with Gasteiger partial charge in [0.2, 0.25) is 5.95 Å². The molecule has 0 bridgehead atoms. The first-order chi connectivity index (χ1) is 13.8. The highest BCUT2D eigenvalue weighted by Crippen LogP contribution is 2.28. The fourth-order valence-corrected chi connectivity index (χ4v) is 3.02. The number of nitrogens with one attached hydrogen (secondary N) is 2. The molecule has 8 heteroatoms. The predicted molar refractivity (Wildman–Crippen MR) is 107 cm³/mol. The van der Waals surface area contributed by atoms with Crippen molar-refractivity contribution in [1.82, 2.24) is 15.2 Å². The third kappa shape index (κ3) is 4.00. The first-order valence-electron chi connectivity index (χ1n) is 8.98. The summed E-state index contributed by atoms with van der Waals surface area (Å²) in [6.45, 7) is 3.10. The molecule has 2 heterocycles.